The fourth-order valence-electron chi connectivity index (χ4n) is 3.06. The molecule has 2 N–H and O–H groups in total. The standard InChI is InChI=1S/C19H29NO3/c1-15(19(21)22)14-17-5-7-18(8-6-17)23-13-3-2-4-16-9-11-20-12-10-16/h5-8,15-16,20H,2-4,9-14H2,1H3,(H,21,22). The quantitative estimate of drug-likeness (QED) is 0.684. The molecular formula is C19H29NO3. The average Bonchev–Trinajstić information content (AvgIpc) is 2.57. The van der Waals surface area contributed by atoms with Crippen LogP contribution in [0.25, 0.3) is 0 Å². The van der Waals surface area contributed by atoms with Crippen LogP contribution in [-0.2, 0) is 11.2 Å². The Morgan fingerprint density at radius 1 is 1.26 bits per heavy atom. The number of nitrogens with one attached hydrogen (secondary N) is 1. The molecule has 0 aliphatic carbocycles. The molecule has 4 nitrogen and oxygen atoms in total. The van der Waals surface area contributed by atoms with Gasteiger partial charge in [-0.15, -0.1) is 0 Å². The minimum atomic E-state index is -0.751. The molecule has 1 fully saturated rings. The van der Waals surface area contributed by atoms with E-state index < -0.39 is 5.97 Å². The summed E-state index contributed by atoms with van der Waals surface area (Å²) in [6.45, 7) is 4.84. The van der Waals surface area contributed by atoms with Crippen LogP contribution in [0.4, 0.5) is 0 Å². The van der Waals surface area contributed by atoms with Gasteiger partial charge in [-0.25, -0.2) is 0 Å². The van der Waals surface area contributed by atoms with Crippen molar-refractivity contribution in [3.8, 4) is 5.75 Å². The third kappa shape index (κ3) is 6.61. The first-order valence-corrected chi connectivity index (χ1v) is 8.80. The Kier molecular flexibility index (Phi) is 7.40. The van der Waals surface area contributed by atoms with Gasteiger partial charge in [0, 0.05) is 0 Å². The van der Waals surface area contributed by atoms with Crippen LogP contribution >= 0.6 is 0 Å². The number of carboxylic acids is 1. The van der Waals surface area contributed by atoms with Crippen molar-refractivity contribution in [2.24, 2.45) is 11.8 Å². The zero-order chi connectivity index (χ0) is 16.5. The molecule has 0 bridgehead atoms. The zero-order valence-corrected chi connectivity index (χ0v) is 14.1. The van der Waals surface area contributed by atoms with Crippen molar-refractivity contribution in [3.05, 3.63) is 29.8 Å². The maximum atomic E-state index is 10.9. The van der Waals surface area contributed by atoms with E-state index in [2.05, 4.69) is 5.32 Å². The number of unbranched alkanes of at least 4 members (excludes halogenated alkanes) is 1. The lowest BCUT2D eigenvalue weighted by Gasteiger charge is -2.22. The van der Waals surface area contributed by atoms with E-state index in [1.54, 1.807) is 6.92 Å². The second-order valence-corrected chi connectivity index (χ2v) is 6.62. The summed E-state index contributed by atoms with van der Waals surface area (Å²) >= 11 is 0. The predicted octanol–water partition coefficient (Wildman–Crippen LogP) is 3.50. The van der Waals surface area contributed by atoms with Gasteiger partial charge in [0.15, 0.2) is 0 Å². The van der Waals surface area contributed by atoms with Crippen LogP contribution in [0.5, 0.6) is 5.75 Å². The summed E-state index contributed by atoms with van der Waals surface area (Å²) in [6.07, 6.45) is 6.84. The van der Waals surface area contributed by atoms with Crippen molar-refractivity contribution >= 4 is 5.97 Å². The number of carboxylic acid groups (broad SMARTS) is 1. The number of carbonyl (C=O) groups is 1. The zero-order valence-electron chi connectivity index (χ0n) is 14.1. The molecule has 4 heteroatoms. The van der Waals surface area contributed by atoms with Gasteiger partial charge in [-0.1, -0.05) is 25.5 Å². The van der Waals surface area contributed by atoms with Crippen LogP contribution in [0, 0.1) is 11.8 Å². The first kappa shape index (κ1) is 17.8. The van der Waals surface area contributed by atoms with E-state index in [4.69, 9.17) is 9.84 Å². The van der Waals surface area contributed by atoms with Crippen LogP contribution in [0.15, 0.2) is 24.3 Å². The van der Waals surface area contributed by atoms with Gasteiger partial charge in [-0.2, -0.15) is 0 Å². The van der Waals surface area contributed by atoms with Crippen molar-refractivity contribution in [1.29, 1.82) is 0 Å². The number of hydrogen-bond donors (Lipinski definition) is 2. The van der Waals surface area contributed by atoms with Gasteiger partial charge in [0.2, 0.25) is 0 Å². The van der Waals surface area contributed by atoms with E-state index in [0.717, 1.165) is 30.3 Å². The molecule has 0 amide bonds. The molecule has 2 rings (SSSR count). The number of piperidine rings is 1. The lowest BCUT2D eigenvalue weighted by molar-refractivity contribution is -0.141. The Morgan fingerprint density at radius 3 is 2.61 bits per heavy atom. The number of ether oxygens (including phenoxy) is 1. The maximum Gasteiger partial charge on any atom is 0.306 e. The molecular weight excluding hydrogens is 290 g/mol. The van der Waals surface area contributed by atoms with Gasteiger partial charge in [-0.3, -0.25) is 4.79 Å². The van der Waals surface area contributed by atoms with E-state index in [1.807, 2.05) is 24.3 Å². The molecule has 1 unspecified atom stereocenters. The molecule has 0 aromatic heterocycles. The molecule has 1 atom stereocenters. The van der Waals surface area contributed by atoms with Crippen LogP contribution < -0.4 is 10.1 Å². The highest BCUT2D eigenvalue weighted by molar-refractivity contribution is 5.69. The van der Waals surface area contributed by atoms with Gasteiger partial charge in [0.25, 0.3) is 0 Å². The minimum Gasteiger partial charge on any atom is -0.494 e. The highest BCUT2D eigenvalue weighted by atomic mass is 16.5. The Labute approximate surface area is 139 Å². The molecule has 1 heterocycles. The van der Waals surface area contributed by atoms with E-state index in [0.29, 0.717) is 6.42 Å². The van der Waals surface area contributed by atoms with E-state index in [9.17, 15) is 4.79 Å². The van der Waals surface area contributed by atoms with E-state index >= 15 is 0 Å². The molecule has 1 aliphatic heterocycles. The van der Waals surface area contributed by atoms with Crippen LogP contribution in [0.2, 0.25) is 0 Å². The molecule has 23 heavy (non-hydrogen) atoms. The summed E-state index contributed by atoms with van der Waals surface area (Å²) < 4.78 is 5.77. The molecule has 0 spiro atoms. The number of rotatable bonds is 9. The molecule has 0 saturated carbocycles. The van der Waals surface area contributed by atoms with Crippen LogP contribution in [0.1, 0.15) is 44.6 Å². The summed E-state index contributed by atoms with van der Waals surface area (Å²) in [6, 6.07) is 7.81. The fourth-order valence-corrected chi connectivity index (χ4v) is 3.06. The smallest absolute Gasteiger partial charge is 0.306 e. The van der Waals surface area contributed by atoms with E-state index in [1.165, 1.54) is 38.8 Å². The Balaban J connectivity index is 1.61. The second-order valence-electron chi connectivity index (χ2n) is 6.62. The van der Waals surface area contributed by atoms with Gasteiger partial charge < -0.3 is 15.2 Å². The predicted molar refractivity (Wildman–Crippen MR) is 91.9 cm³/mol. The maximum absolute atomic E-state index is 10.9. The number of benzene rings is 1. The first-order chi connectivity index (χ1) is 11.1. The van der Waals surface area contributed by atoms with Gasteiger partial charge in [-0.05, 0) is 68.8 Å². The largest absolute Gasteiger partial charge is 0.494 e. The average molecular weight is 319 g/mol. The molecule has 1 aromatic rings. The topological polar surface area (TPSA) is 58.6 Å². The molecule has 0 radical (unpaired) electrons. The molecule has 1 aromatic carbocycles. The Hall–Kier alpha value is -1.55. The molecule has 128 valence electrons. The monoisotopic (exact) mass is 319 g/mol. The van der Waals surface area contributed by atoms with Crippen molar-refractivity contribution in [3.63, 3.8) is 0 Å². The third-order valence-corrected chi connectivity index (χ3v) is 4.62. The molecule has 1 aliphatic rings. The van der Waals surface area contributed by atoms with Crippen molar-refractivity contribution in [1.82, 2.24) is 5.32 Å². The van der Waals surface area contributed by atoms with Crippen molar-refractivity contribution in [2.75, 3.05) is 19.7 Å². The van der Waals surface area contributed by atoms with Crippen LogP contribution in [-0.4, -0.2) is 30.8 Å². The second kappa shape index (κ2) is 9.56. The first-order valence-electron chi connectivity index (χ1n) is 8.80. The van der Waals surface area contributed by atoms with Crippen molar-refractivity contribution in [2.45, 2.75) is 45.4 Å². The molecule has 1 saturated heterocycles. The van der Waals surface area contributed by atoms with Gasteiger partial charge in [0.05, 0.1) is 12.5 Å². The third-order valence-electron chi connectivity index (χ3n) is 4.62. The van der Waals surface area contributed by atoms with Gasteiger partial charge >= 0.3 is 5.97 Å². The number of hydrogen-bond acceptors (Lipinski definition) is 3. The highest BCUT2D eigenvalue weighted by Crippen LogP contribution is 2.19. The minimum absolute atomic E-state index is 0.350. The fraction of sp³-hybridized carbons (Fsp3) is 0.632. The Bertz CT molecular complexity index is 466. The van der Waals surface area contributed by atoms with Crippen LogP contribution in [0.3, 0.4) is 0 Å². The lowest BCUT2D eigenvalue weighted by atomic mass is 9.93. The highest BCUT2D eigenvalue weighted by Gasteiger charge is 2.12. The SMILES string of the molecule is CC(Cc1ccc(OCCCCC2CCNCC2)cc1)C(=O)O. The van der Waals surface area contributed by atoms with Crippen molar-refractivity contribution < 1.29 is 14.6 Å². The summed E-state index contributed by atoms with van der Waals surface area (Å²) in [5.74, 6) is 0.668. The van der Waals surface area contributed by atoms with Gasteiger partial charge in [0.1, 0.15) is 5.75 Å². The summed E-state index contributed by atoms with van der Waals surface area (Å²) in [5, 5.41) is 12.3. The summed E-state index contributed by atoms with van der Waals surface area (Å²) in [4.78, 5) is 10.9. The van der Waals surface area contributed by atoms with E-state index in [-0.39, 0.29) is 5.92 Å². The summed E-state index contributed by atoms with van der Waals surface area (Å²) in [7, 11) is 0. The normalized spacial score (nSPS) is 16.9. The lowest BCUT2D eigenvalue weighted by Crippen LogP contribution is -2.27. The Morgan fingerprint density at radius 2 is 1.96 bits per heavy atom. The number of aliphatic carboxylic acids is 1. The summed E-state index contributed by atoms with van der Waals surface area (Å²) in [5.41, 5.74) is 1.04.